The van der Waals surface area contributed by atoms with Gasteiger partial charge in [0.25, 0.3) is 5.91 Å². The maximum atomic E-state index is 11.6. The average Bonchev–Trinajstić information content (AvgIpc) is 3.31. The number of rotatable bonds is 10. The molecule has 0 aromatic carbocycles. The van der Waals surface area contributed by atoms with Crippen LogP contribution in [0.4, 0.5) is 0 Å². The number of carbonyl (C=O) groups excluding carboxylic acids is 1. The Morgan fingerprint density at radius 1 is 1.30 bits per heavy atom. The second-order valence-electron chi connectivity index (χ2n) is 7.39. The van der Waals surface area contributed by atoms with Crippen LogP contribution in [0.15, 0.2) is 23.5 Å². The summed E-state index contributed by atoms with van der Waals surface area (Å²) < 4.78 is 1.97. The number of hydrogen-bond acceptors (Lipinski definition) is 6. The van der Waals surface area contributed by atoms with E-state index in [2.05, 4.69) is 32.7 Å². The molecule has 2 aromatic heterocycles. The number of nitrogens with zero attached hydrogens (tertiary/aromatic N) is 4. The SMILES string of the molecule is CNC(=O)c1ccc(-c2nnc(SCCCNCCC3(C)CC3)n2C)cn1. The normalized spacial score (nSPS) is 14.9. The second kappa shape index (κ2) is 8.84. The molecule has 8 heteroatoms. The van der Waals surface area contributed by atoms with Crippen molar-refractivity contribution in [1.29, 1.82) is 0 Å². The Morgan fingerprint density at radius 3 is 2.78 bits per heavy atom. The van der Waals surface area contributed by atoms with Gasteiger partial charge in [0.15, 0.2) is 11.0 Å². The van der Waals surface area contributed by atoms with Crippen LogP contribution in [0.2, 0.25) is 0 Å². The van der Waals surface area contributed by atoms with Gasteiger partial charge in [0.2, 0.25) is 0 Å². The van der Waals surface area contributed by atoms with E-state index in [1.54, 1.807) is 31.1 Å². The molecule has 146 valence electrons. The van der Waals surface area contributed by atoms with Crippen LogP contribution in [0.1, 0.15) is 43.1 Å². The first kappa shape index (κ1) is 19.8. The van der Waals surface area contributed by atoms with Crippen molar-refractivity contribution in [2.24, 2.45) is 12.5 Å². The highest BCUT2D eigenvalue weighted by Crippen LogP contribution is 2.47. The quantitative estimate of drug-likeness (QED) is 0.480. The highest BCUT2D eigenvalue weighted by Gasteiger charge is 2.35. The Morgan fingerprint density at radius 2 is 2.11 bits per heavy atom. The summed E-state index contributed by atoms with van der Waals surface area (Å²) in [5, 5.41) is 15.6. The third-order valence-corrected chi connectivity index (χ3v) is 6.16. The van der Waals surface area contributed by atoms with E-state index in [1.165, 1.54) is 19.3 Å². The van der Waals surface area contributed by atoms with Crippen LogP contribution in [0.3, 0.4) is 0 Å². The fraction of sp³-hybridized carbons (Fsp3) is 0.579. The minimum atomic E-state index is -0.199. The number of amides is 1. The van der Waals surface area contributed by atoms with Gasteiger partial charge in [-0.25, -0.2) is 0 Å². The molecular formula is C19H28N6OS. The van der Waals surface area contributed by atoms with Gasteiger partial charge in [-0.1, -0.05) is 18.7 Å². The van der Waals surface area contributed by atoms with E-state index in [9.17, 15) is 4.79 Å². The van der Waals surface area contributed by atoms with Gasteiger partial charge in [-0.2, -0.15) is 0 Å². The molecule has 1 aliphatic carbocycles. The molecule has 0 atom stereocenters. The summed E-state index contributed by atoms with van der Waals surface area (Å²) in [6, 6.07) is 3.55. The fourth-order valence-corrected chi connectivity index (χ4v) is 3.67. The van der Waals surface area contributed by atoms with Gasteiger partial charge in [0.1, 0.15) is 5.69 Å². The van der Waals surface area contributed by atoms with Gasteiger partial charge in [-0.15, -0.1) is 10.2 Å². The Kier molecular flexibility index (Phi) is 6.49. The number of nitrogens with one attached hydrogen (secondary N) is 2. The summed E-state index contributed by atoms with van der Waals surface area (Å²) in [6.45, 7) is 4.53. The minimum Gasteiger partial charge on any atom is -0.354 e. The standard InChI is InChI=1S/C19H28N6OS/c1-19(7-8-19)9-11-21-10-4-12-27-18-24-23-16(25(18)3)14-5-6-15(22-13-14)17(26)20-2/h5-6,13,21H,4,7-12H2,1-3H3,(H,20,26). The molecule has 0 aliphatic heterocycles. The van der Waals surface area contributed by atoms with Crippen molar-refractivity contribution in [3.8, 4) is 11.4 Å². The molecule has 0 saturated heterocycles. The molecule has 0 spiro atoms. The Balaban J connectivity index is 1.44. The van der Waals surface area contributed by atoms with Crippen LogP contribution in [0, 0.1) is 5.41 Å². The molecule has 2 N–H and O–H groups in total. The monoisotopic (exact) mass is 388 g/mol. The molecule has 7 nitrogen and oxygen atoms in total. The predicted molar refractivity (Wildman–Crippen MR) is 108 cm³/mol. The van der Waals surface area contributed by atoms with Gasteiger partial charge >= 0.3 is 0 Å². The number of aromatic nitrogens is 4. The first-order valence-electron chi connectivity index (χ1n) is 9.44. The molecule has 0 radical (unpaired) electrons. The molecule has 27 heavy (non-hydrogen) atoms. The van der Waals surface area contributed by atoms with Crippen LogP contribution in [-0.4, -0.2) is 51.5 Å². The molecule has 2 heterocycles. The summed E-state index contributed by atoms with van der Waals surface area (Å²) in [7, 11) is 3.55. The highest BCUT2D eigenvalue weighted by molar-refractivity contribution is 7.99. The lowest BCUT2D eigenvalue weighted by atomic mass is 10.1. The van der Waals surface area contributed by atoms with Crippen molar-refractivity contribution < 1.29 is 4.79 Å². The second-order valence-corrected chi connectivity index (χ2v) is 8.45. The first-order valence-corrected chi connectivity index (χ1v) is 10.4. The summed E-state index contributed by atoms with van der Waals surface area (Å²) >= 11 is 1.71. The summed E-state index contributed by atoms with van der Waals surface area (Å²) in [5.41, 5.74) is 1.87. The van der Waals surface area contributed by atoms with Crippen molar-refractivity contribution in [2.45, 2.75) is 37.8 Å². The van der Waals surface area contributed by atoms with Crippen LogP contribution in [-0.2, 0) is 7.05 Å². The van der Waals surface area contributed by atoms with E-state index < -0.39 is 0 Å². The number of pyridine rings is 1. The van der Waals surface area contributed by atoms with E-state index in [1.807, 2.05) is 17.7 Å². The molecule has 3 rings (SSSR count). The zero-order valence-corrected chi connectivity index (χ0v) is 17.1. The summed E-state index contributed by atoms with van der Waals surface area (Å²) in [5.74, 6) is 1.56. The van der Waals surface area contributed by atoms with Crippen LogP contribution in [0.5, 0.6) is 0 Å². The topological polar surface area (TPSA) is 84.7 Å². The minimum absolute atomic E-state index is 0.199. The van der Waals surface area contributed by atoms with E-state index >= 15 is 0 Å². The molecule has 2 aromatic rings. The van der Waals surface area contributed by atoms with Gasteiger partial charge in [-0.05, 0) is 56.3 Å². The molecule has 1 amide bonds. The van der Waals surface area contributed by atoms with Crippen molar-refractivity contribution in [1.82, 2.24) is 30.4 Å². The van der Waals surface area contributed by atoms with Crippen molar-refractivity contribution in [3.63, 3.8) is 0 Å². The maximum Gasteiger partial charge on any atom is 0.269 e. The fourth-order valence-electron chi connectivity index (χ4n) is 2.82. The number of carbonyl (C=O) groups is 1. The lowest BCUT2D eigenvalue weighted by Crippen LogP contribution is -2.19. The Hall–Kier alpha value is -1.93. The Bertz CT molecular complexity index is 769. The van der Waals surface area contributed by atoms with Crippen molar-refractivity contribution >= 4 is 17.7 Å². The first-order chi connectivity index (χ1) is 13.0. The zero-order chi connectivity index (χ0) is 19.3. The largest absolute Gasteiger partial charge is 0.354 e. The highest BCUT2D eigenvalue weighted by atomic mass is 32.2. The molecule has 1 saturated carbocycles. The molecule has 0 unspecified atom stereocenters. The van der Waals surface area contributed by atoms with Crippen LogP contribution in [0.25, 0.3) is 11.4 Å². The maximum absolute atomic E-state index is 11.6. The van der Waals surface area contributed by atoms with E-state index in [0.717, 1.165) is 41.8 Å². The molecule has 1 fully saturated rings. The third-order valence-electron chi connectivity index (χ3n) is 5.05. The van der Waals surface area contributed by atoms with Gasteiger partial charge in [0, 0.05) is 31.6 Å². The predicted octanol–water partition coefficient (Wildman–Crippen LogP) is 2.50. The Labute approximate surface area is 164 Å². The molecular weight excluding hydrogens is 360 g/mol. The molecule has 1 aliphatic rings. The van der Waals surface area contributed by atoms with Crippen LogP contribution >= 0.6 is 11.8 Å². The summed E-state index contributed by atoms with van der Waals surface area (Å²) in [4.78, 5) is 15.8. The van der Waals surface area contributed by atoms with E-state index in [-0.39, 0.29) is 5.91 Å². The van der Waals surface area contributed by atoms with Crippen molar-refractivity contribution in [3.05, 3.63) is 24.0 Å². The lowest BCUT2D eigenvalue weighted by molar-refractivity contribution is 0.0958. The third kappa shape index (κ3) is 5.29. The lowest BCUT2D eigenvalue weighted by Gasteiger charge is -2.09. The number of thioether (sulfide) groups is 1. The van der Waals surface area contributed by atoms with Crippen molar-refractivity contribution in [2.75, 3.05) is 25.9 Å². The summed E-state index contributed by atoms with van der Waals surface area (Å²) in [6.07, 6.45) is 6.84. The van der Waals surface area contributed by atoms with Gasteiger partial charge in [0.05, 0.1) is 0 Å². The zero-order valence-electron chi connectivity index (χ0n) is 16.3. The van der Waals surface area contributed by atoms with Crippen LogP contribution < -0.4 is 10.6 Å². The molecule has 0 bridgehead atoms. The van der Waals surface area contributed by atoms with E-state index in [0.29, 0.717) is 11.1 Å². The number of hydrogen-bond donors (Lipinski definition) is 2. The van der Waals surface area contributed by atoms with E-state index in [4.69, 9.17) is 0 Å². The van der Waals surface area contributed by atoms with Gasteiger partial charge < -0.3 is 15.2 Å². The van der Waals surface area contributed by atoms with Gasteiger partial charge in [-0.3, -0.25) is 9.78 Å². The smallest absolute Gasteiger partial charge is 0.269 e. The average molecular weight is 389 g/mol.